The van der Waals surface area contributed by atoms with Crippen molar-refractivity contribution in [2.24, 2.45) is 12.1 Å². The summed E-state index contributed by atoms with van der Waals surface area (Å²) in [6, 6.07) is 4.02. The second-order valence-corrected chi connectivity index (χ2v) is 7.31. The van der Waals surface area contributed by atoms with E-state index in [9.17, 15) is 0 Å². The SMILES string of the molecule is Cc1c(/C=N/Nc2ncnc3sc4c(c23)CCCC4)cc(C#N)n1C. The zero-order chi connectivity index (χ0) is 17.4. The van der Waals surface area contributed by atoms with E-state index in [1.165, 1.54) is 23.3 Å². The first-order valence-corrected chi connectivity index (χ1v) is 9.11. The highest BCUT2D eigenvalue weighted by atomic mass is 32.1. The average Bonchev–Trinajstić information content (AvgIpc) is 3.14. The van der Waals surface area contributed by atoms with Gasteiger partial charge >= 0.3 is 0 Å². The number of aryl methyl sites for hydroxylation is 2. The minimum Gasteiger partial charge on any atom is -0.339 e. The Morgan fingerprint density at radius 2 is 2.20 bits per heavy atom. The molecule has 3 aromatic heterocycles. The zero-order valence-electron chi connectivity index (χ0n) is 14.2. The van der Waals surface area contributed by atoms with E-state index in [0.717, 1.165) is 40.1 Å². The van der Waals surface area contributed by atoms with Crippen molar-refractivity contribution in [2.45, 2.75) is 32.6 Å². The van der Waals surface area contributed by atoms with Gasteiger partial charge in [-0.2, -0.15) is 10.4 Å². The molecular formula is C18H18N6S. The van der Waals surface area contributed by atoms with Crippen molar-refractivity contribution in [1.29, 1.82) is 5.26 Å². The lowest BCUT2D eigenvalue weighted by Crippen LogP contribution is -2.01. The molecule has 0 radical (unpaired) electrons. The van der Waals surface area contributed by atoms with Crippen LogP contribution >= 0.6 is 11.3 Å². The summed E-state index contributed by atoms with van der Waals surface area (Å²) in [5.74, 6) is 0.759. The molecule has 0 unspecified atom stereocenters. The van der Waals surface area contributed by atoms with Crippen LogP contribution in [0.4, 0.5) is 5.82 Å². The second-order valence-electron chi connectivity index (χ2n) is 6.22. The predicted octanol–water partition coefficient (Wildman–Crippen LogP) is 3.53. The molecule has 0 saturated heterocycles. The Hall–Kier alpha value is -2.72. The Balaban J connectivity index is 1.66. The molecule has 25 heavy (non-hydrogen) atoms. The predicted molar refractivity (Wildman–Crippen MR) is 100 cm³/mol. The molecule has 0 fully saturated rings. The van der Waals surface area contributed by atoms with Crippen molar-refractivity contribution in [3.05, 3.63) is 39.8 Å². The molecule has 0 bridgehead atoms. The van der Waals surface area contributed by atoms with Gasteiger partial charge in [-0.25, -0.2) is 9.97 Å². The first kappa shape index (κ1) is 15.8. The molecule has 0 spiro atoms. The Morgan fingerprint density at radius 3 is 3.00 bits per heavy atom. The van der Waals surface area contributed by atoms with Crippen LogP contribution in [0.25, 0.3) is 10.2 Å². The minimum absolute atomic E-state index is 0.621. The van der Waals surface area contributed by atoms with Gasteiger partial charge in [0.15, 0.2) is 5.82 Å². The lowest BCUT2D eigenvalue weighted by Gasteiger charge is -2.11. The van der Waals surface area contributed by atoms with Crippen LogP contribution in [0.5, 0.6) is 0 Å². The monoisotopic (exact) mass is 350 g/mol. The summed E-state index contributed by atoms with van der Waals surface area (Å²) in [6.45, 7) is 1.97. The van der Waals surface area contributed by atoms with Gasteiger partial charge in [0.2, 0.25) is 0 Å². The Bertz CT molecular complexity index is 1020. The molecule has 6 nitrogen and oxygen atoms in total. The van der Waals surface area contributed by atoms with E-state index in [1.807, 2.05) is 24.6 Å². The third-order valence-electron chi connectivity index (χ3n) is 4.81. The molecule has 1 aliphatic rings. The summed E-state index contributed by atoms with van der Waals surface area (Å²) in [5.41, 5.74) is 7.00. The first-order valence-electron chi connectivity index (χ1n) is 8.29. The quantitative estimate of drug-likeness (QED) is 0.579. The maximum atomic E-state index is 9.12. The van der Waals surface area contributed by atoms with Crippen LogP contribution in [0.1, 0.15) is 40.2 Å². The van der Waals surface area contributed by atoms with Gasteiger partial charge in [-0.3, -0.25) is 5.43 Å². The summed E-state index contributed by atoms with van der Waals surface area (Å²) in [6.07, 6.45) is 8.02. The number of hydrogen-bond donors (Lipinski definition) is 1. The van der Waals surface area contributed by atoms with Gasteiger partial charge in [0, 0.05) is 23.2 Å². The second kappa shape index (κ2) is 6.30. The fourth-order valence-corrected chi connectivity index (χ4v) is 4.53. The number of anilines is 1. The molecule has 1 N–H and O–H groups in total. The fraction of sp³-hybridized carbons (Fsp3) is 0.333. The number of hydrazone groups is 1. The highest BCUT2D eigenvalue weighted by Gasteiger charge is 2.19. The van der Waals surface area contributed by atoms with Crippen molar-refractivity contribution in [3.8, 4) is 6.07 Å². The smallest absolute Gasteiger partial charge is 0.158 e. The highest BCUT2D eigenvalue weighted by Crippen LogP contribution is 2.38. The van der Waals surface area contributed by atoms with Crippen molar-refractivity contribution in [1.82, 2.24) is 14.5 Å². The fourth-order valence-electron chi connectivity index (χ4n) is 3.30. The number of fused-ring (bicyclic) bond motifs is 3. The Kier molecular flexibility index (Phi) is 3.98. The van der Waals surface area contributed by atoms with Gasteiger partial charge in [-0.15, -0.1) is 11.3 Å². The lowest BCUT2D eigenvalue weighted by molar-refractivity contribution is 0.700. The molecule has 1 aliphatic carbocycles. The molecule has 3 aromatic rings. The molecule has 3 heterocycles. The number of hydrogen-bond acceptors (Lipinski definition) is 6. The molecular weight excluding hydrogens is 332 g/mol. The topological polar surface area (TPSA) is 78.9 Å². The Morgan fingerprint density at radius 1 is 1.36 bits per heavy atom. The van der Waals surface area contributed by atoms with E-state index >= 15 is 0 Å². The number of rotatable bonds is 3. The van der Waals surface area contributed by atoms with Crippen LogP contribution in [-0.4, -0.2) is 20.7 Å². The number of aromatic nitrogens is 3. The van der Waals surface area contributed by atoms with E-state index in [4.69, 9.17) is 5.26 Å². The van der Waals surface area contributed by atoms with Gasteiger partial charge in [-0.05, 0) is 44.2 Å². The van der Waals surface area contributed by atoms with E-state index in [0.29, 0.717) is 5.69 Å². The standard InChI is InChI=1S/C18H18N6S/c1-11-12(7-13(8-19)24(11)2)9-22-23-17-16-14-5-3-4-6-15(14)25-18(16)21-10-20-17/h7,9-10H,3-6H2,1-2H3,(H,20,21,23)/b22-9+. The number of nitrogens with one attached hydrogen (secondary N) is 1. The van der Waals surface area contributed by atoms with Gasteiger partial charge in [0.25, 0.3) is 0 Å². The average molecular weight is 350 g/mol. The molecule has 4 rings (SSSR count). The zero-order valence-corrected chi connectivity index (χ0v) is 15.0. The first-order chi connectivity index (χ1) is 12.2. The lowest BCUT2D eigenvalue weighted by atomic mass is 9.97. The highest BCUT2D eigenvalue weighted by molar-refractivity contribution is 7.19. The summed E-state index contributed by atoms with van der Waals surface area (Å²) < 4.78 is 1.86. The largest absolute Gasteiger partial charge is 0.339 e. The van der Waals surface area contributed by atoms with Crippen LogP contribution in [0.3, 0.4) is 0 Å². The third-order valence-corrected chi connectivity index (χ3v) is 6.01. The Labute approximate surface area is 149 Å². The van der Waals surface area contributed by atoms with Gasteiger partial charge in [-0.1, -0.05) is 0 Å². The van der Waals surface area contributed by atoms with E-state index < -0.39 is 0 Å². The molecule has 0 aromatic carbocycles. The van der Waals surface area contributed by atoms with Crippen LogP contribution in [0.2, 0.25) is 0 Å². The molecule has 0 atom stereocenters. The summed E-state index contributed by atoms with van der Waals surface area (Å²) in [7, 11) is 1.88. The van der Waals surface area contributed by atoms with E-state index in [2.05, 4.69) is 26.6 Å². The van der Waals surface area contributed by atoms with Crippen molar-refractivity contribution < 1.29 is 0 Å². The van der Waals surface area contributed by atoms with Crippen molar-refractivity contribution in [2.75, 3.05) is 5.43 Å². The van der Waals surface area contributed by atoms with Gasteiger partial charge in [0.05, 0.1) is 11.6 Å². The normalized spacial score (nSPS) is 14.0. The third kappa shape index (κ3) is 2.68. The van der Waals surface area contributed by atoms with E-state index in [1.54, 1.807) is 23.9 Å². The van der Waals surface area contributed by atoms with Gasteiger partial charge in [0.1, 0.15) is 22.9 Å². The van der Waals surface area contributed by atoms with Crippen molar-refractivity contribution >= 4 is 33.6 Å². The molecule has 0 saturated carbocycles. The van der Waals surface area contributed by atoms with Crippen LogP contribution < -0.4 is 5.43 Å². The van der Waals surface area contributed by atoms with Crippen molar-refractivity contribution in [3.63, 3.8) is 0 Å². The summed E-state index contributed by atoms with van der Waals surface area (Å²) >= 11 is 1.77. The summed E-state index contributed by atoms with van der Waals surface area (Å²) in [5, 5.41) is 14.6. The molecule has 0 amide bonds. The number of nitriles is 1. The molecule has 0 aliphatic heterocycles. The summed E-state index contributed by atoms with van der Waals surface area (Å²) in [4.78, 5) is 11.3. The minimum atomic E-state index is 0.621. The maximum Gasteiger partial charge on any atom is 0.158 e. The van der Waals surface area contributed by atoms with E-state index in [-0.39, 0.29) is 0 Å². The molecule has 126 valence electrons. The van der Waals surface area contributed by atoms with Crippen LogP contribution in [0.15, 0.2) is 17.5 Å². The molecule has 7 heteroatoms. The number of thiophene rings is 1. The maximum absolute atomic E-state index is 9.12. The number of nitrogens with zero attached hydrogens (tertiary/aromatic N) is 5. The van der Waals surface area contributed by atoms with Crippen LogP contribution in [0, 0.1) is 18.3 Å². The van der Waals surface area contributed by atoms with Crippen LogP contribution in [-0.2, 0) is 19.9 Å². The van der Waals surface area contributed by atoms with Gasteiger partial charge < -0.3 is 4.57 Å².